The zero-order valence-corrected chi connectivity index (χ0v) is 25.5. The Morgan fingerprint density at radius 1 is 1.18 bits per heavy atom. The topological polar surface area (TPSA) is 130 Å². The molecule has 3 fully saturated rings. The van der Waals surface area contributed by atoms with E-state index < -0.39 is 42.0 Å². The molecule has 0 aromatic carbocycles. The van der Waals surface area contributed by atoms with Crippen molar-refractivity contribution in [3.8, 4) is 0 Å². The summed E-state index contributed by atoms with van der Waals surface area (Å²) in [4.78, 5) is 30.7. The average molecular weight is 572 g/mol. The maximum absolute atomic E-state index is 13.3. The number of amides is 1. The van der Waals surface area contributed by atoms with Gasteiger partial charge in [-0.3, -0.25) is 9.59 Å². The number of aliphatic hydroxyl groups excluding tert-OH is 1. The van der Waals surface area contributed by atoms with Gasteiger partial charge in [0.2, 0.25) is 5.91 Å². The van der Waals surface area contributed by atoms with Crippen LogP contribution in [0.2, 0.25) is 0 Å². The first kappa shape index (κ1) is 33.2. The normalized spacial score (nSPS) is 40.0. The van der Waals surface area contributed by atoms with Crippen molar-refractivity contribution in [3.05, 3.63) is 0 Å². The van der Waals surface area contributed by atoms with E-state index in [2.05, 4.69) is 10.2 Å². The number of hydrogen-bond donors (Lipinski definition) is 3. The number of nitrogens with zero attached hydrogens (tertiary/aromatic N) is 2. The van der Waals surface area contributed by atoms with Crippen molar-refractivity contribution in [1.29, 1.82) is 0 Å². The maximum atomic E-state index is 13.3. The summed E-state index contributed by atoms with van der Waals surface area (Å²) in [6.07, 6.45) is -1.00. The Hall–Kier alpha value is -1.34. The van der Waals surface area contributed by atoms with Crippen LogP contribution in [0.25, 0.3) is 0 Å². The molecule has 3 rings (SSSR count). The summed E-state index contributed by atoms with van der Waals surface area (Å²) in [6.45, 7) is 10.1. The van der Waals surface area contributed by atoms with Crippen LogP contribution in [0.1, 0.15) is 59.8 Å². The molecule has 0 unspecified atom stereocenters. The van der Waals surface area contributed by atoms with Crippen LogP contribution in [0.15, 0.2) is 0 Å². The molecule has 232 valence electrons. The zero-order chi connectivity index (χ0) is 29.6. The Balaban J connectivity index is 1.95. The molecule has 0 radical (unpaired) electrons. The highest BCUT2D eigenvalue weighted by molar-refractivity contribution is 5.80. The van der Waals surface area contributed by atoms with Gasteiger partial charge in [-0.15, -0.1) is 0 Å². The number of esters is 1. The standard InChI is InChI=1S/C29H53N3O8/c1-18-17-22(31(5)6)23(33)28(38-18)40-25-19(2)24(39-27(35)21-9-15-37-16-10-21)20(3)26(34)30-12-14-32(7)13-8-11-29(25,4)36/h18-25,28,33,36H,8-17H2,1-7H3,(H,30,34)/t18-,19+,20-,22+,23-,24+,25-,28+,29-/m1/s1. The van der Waals surface area contributed by atoms with Gasteiger partial charge in [0.1, 0.15) is 12.2 Å². The van der Waals surface area contributed by atoms with Gasteiger partial charge in [0.15, 0.2) is 6.29 Å². The molecule has 0 bridgehead atoms. The third kappa shape index (κ3) is 8.59. The van der Waals surface area contributed by atoms with E-state index in [4.69, 9.17) is 18.9 Å². The third-order valence-electron chi connectivity index (χ3n) is 8.89. The molecule has 11 heteroatoms. The number of rotatable bonds is 5. The van der Waals surface area contributed by atoms with Crippen LogP contribution in [-0.4, -0.2) is 128 Å². The van der Waals surface area contributed by atoms with Gasteiger partial charge in [0.05, 0.1) is 29.6 Å². The summed E-state index contributed by atoms with van der Waals surface area (Å²) in [7, 11) is 5.79. The summed E-state index contributed by atoms with van der Waals surface area (Å²) in [5.41, 5.74) is -1.36. The highest BCUT2D eigenvalue weighted by atomic mass is 16.7. The van der Waals surface area contributed by atoms with E-state index in [1.165, 1.54) is 0 Å². The lowest BCUT2D eigenvalue weighted by Gasteiger charge is -2.46. The number of nitrogens with one attached hydrogen (secondary N) is 1. The highest BCUT2D eigenvalue weighted by Crippen LogP contribution is 2.36. The predicted molar refractivity (Wildman–Crippen MR) is 149 cm³/mol. The number of ether oxygens (including phenoxy) is 4. The molecule has 3 aliphatic rings. The fourth-order valence-electron chi connectivity index (χ4n) is 6.28. The molecule has 1 amide bonds. The van der Waals surface area contributed by atoms with Crippen LogP contribution in [0.3, 0.4) is 0 Å². The summed E-state index contributed by atoms with van der Waals surface area (Å²) >= 11 is 0. The van der Waals surface area contributed by atoms with Gasteiger partial charge in [0.25, 0.3) is 0 Å². The minimum Gasteiger partial charge on any atom is -0.461 e. The van der Waals surface area contributed by atoms with Crippen LogP contribution in [-0.2, 0) is 28.5 Å². The molecule has 0 aliphatic carbocycles. The predicted octanol–water partition coefficient (Wildman–Crippen LogP) is 1.00. The molecule has 3 saturated heterocycles. The SMILES string of the molecule is C[C@H]1[C@H](OC(=O)C2CCOCC2)[C@@H](C)C(=O)NCCN(C)CCC[C@@](C)(O)[C@@H]1O[C@@H]1O[C@H](C)C[C@H](N(C)C)[C@H]1O. The van der Waals surface area contributed by atoms with E-state index in [1.54, 1.807) is 13.8 Å². The molecule has 9 atom stereocenters. The first-order chi connectivity index (χ1) is 18.8. The van der Waals surface area contributed by atoms with Gasteiger partial charge in [-0.2, -0.15) is 0 Å². The summed E-state index contributed by atoms with van der Waals surface area (Å²) in [5, 5.41) is 26.1. The van der Waals surface area contributed by atoms with Crippen molar-refractivity contribution in [3.63, 3.8) is 0 Å². The van der Waals surface area contributed by atoms with E-state index in [9.17, 15) is 19.8 Å². The van der Waals surface area contributed by atoms with Crippen molar-refractivity contribution >= 4 is 11.9 Å². The number of hydrogen-bond acceptors (Lipinski definition) is 10. The number of aliphatic hydroxyl groups is 2. The van der Waals surface area contributed by atoms with Crippen LogP contribution in [0.5, 0.6) is 0 Å². The van der Waals surface area contributed by atoms with Crippen molar-refractivity contribution < 1.29 is 38.7 Å². The minimum absolute atomic E-state index is 0.170. The second-order valence-corrected chi connectivity index (χ2v) is 12.6. The monoisotopic (exact) mass is 571 g/mol. The minimum atomic E-state index is -1.36. The molecule has 0 aromatic heterocycles. The summed E-state index contributed by atoms with van der Waals surface area (Å²) in [5.74, 6) is -2.18. The molecular weight excluding hydrogens is 518 g/mol. The number of carbonyl (C=O) groups is 2. The van der Waals surface area contributed by atoms with Crippen LogP contribution < -0.4 is 5.32 Å². The second kappa shape index (κ2) is 14.7. The van der Waals surface area contributed by atoms with Crippen LogP contribution >= 0.6 is 0 Å². The maximum Gasteiger partial charge on any atom is 0.309 e. The third-order valence-corrected chi connectivity index (χ3v) is 8.89. The van der Waals surface area contributed by atoms with Crippen molar-refractivity contribution in [2.45, 2.75) is 102 Å². The molecule has 0 spiro atoms. The van der Waals surface area contributed by atoms with Gasteiger partial charge in [-0.25, -0.2) is 0 Å². The van der Waals surface area contributed by atoms with E-state index in [1.807, 2.05) is 39.9 Å². The Morgan fingerprint density at radius 3 is 2.50 bits per heavy atom. The molecule has 3 aliphatic heterocycles. The van der Waals surface area contributed by atoms with E-state index in [0.717, 1.165) is 6.54 Å². The summed E-state index contributed by atoms with van der Waals surface area (Å²) < 4.78 is 24.1. The smallest absolute Gasteiger partial charge is 0.309 e. The first-order valence-electron chi connectivity index (χ1n) is 14.9. The number of carbonyl (C=O) groups excluding carboxylic acids is 2. The molecule has 11 nitrogen and oxygen atoms in total. The van der Waals surface area contributed by atoms with Crippen LogP contribution in [0, 0.1) is 17.8 Å². The first-order valence-corrected chi connectivity index (χ1v) is 14.9. The van der Waals surface area contributed by atoms with E-state index in [0.29, 0.717) is 58.4 Å². The van der Waals surface area contributed by atoms with Crippen molar-refractivity contribution in [2.24, 2.45) is 17.8 Å². The molecule has 40 heavy (non-hydrogen) atoms. The quantitative estimate of drug-likeness (QED) is 0.411. The molecular formula is C29H53N3O8. The van der Waals surface area contributed by atoms with Gasteiger partial charge in [0, 0.05) is 38.3 Å². The Kier molecular flexibility index (Phi) is 12.2. The van der Waals surface area contributed by atoms with E-state index in [-0.39, 0.29) is 29.9 Å². The average Bonchev–Trinajstić information content (AvgIpc) is 2.90. The van der Waals surface area contributed by atoms with Crippen molar-refractivity contribution in [2.75, 3.05) is 54.0 Å². The lowest BCUT2D eigenvalue weighted by atomic mass is 9.79. The zero-order valence-electron chi connectivity index (χ0n) is 25.5. The molecule has 3 N–H and O–H groups in total. The highest BCUT2D eigenvalue weighted by Gasteiger charge is 2.48. The summed E-state index contributed by atoms with van der Waals surface area (Å²) in [6, 6.07) is -0.191. The lowest BCUT2D eigenvalue weighted by Crippen LogP contribution is -2.59. The Labute approximate surface area is 239 Å². The number of likely N-dealkylation sites (N-methyl/N-ethyl adjacent to an activating group) is 2. The molecule has 3 heterocycles. The Morgan fingerprint density at radius 2 is 1.85 bits per heavy atom. The largest absolute Gasteiger partial charge is 0.461 e. The van der Waals surface area contributed by atoms with E-state index >= 15 is 0 Å². The second-order valence-electron chi connectivity index (χ2n) is 12.6. The van der Waals surface area contributed by atoms with Gasteiger partial charge >= 0.3 is 5.97 Å². The Bertz CT molecular complexity index is 821. The van der Waals surface area contributed by atoms with Crippen LogP contribution in [0.4, 0.5) is 0 Å². The fraction of sp³-hybridized carbons (Fsp3) is 0.931. The van der Waals surface area contributed by atoms with Gasteiger partial charge in [-0.05, 0) is 73.6 Å². The molecule has 0 saturated carbocycles. The van der Waals surface area contributed by atoms with Gasteiger partial charge < -0.3 is 44.3 Å². The fourth-order valence-corrected chi connectivity index (χ4v) is 6.28. The lowest BCUT2D eigenvalue weighted by molar-refractivity contribution is -0.298. The van der Waals surface area contributed by atoms with Crippen molar-refractivity contribution in [1.82, 2.24) is 15.1 Å². The van der Waals surface area contributed by atoms with Gasteiger partial charge in [-0.1, -0.05) is 13.8 Å². The molecule has 0 aromatic rings.